The number of hydrogen-bond acceptors (Lipinski definition) is 1. The molecule has 0 fully saturated rings. The van der Waals surface area contributed by atoms with Gasteiger partial charge >= 0.3 is 0 Å². The number of rotatable bonds is 5. The lowest BCUT2D eigenvalue weighted by Crippen LogP contribution is -2.28. The van der Waals surface area contributed by atoms with Crippen LogP contribution in [0.3, 0.4) is 0 Å². The van der Waals surface area contributed by atoms with Crippen LogP contribution in [0.2, 0.25) is 0 Å². The minimum absolute atomic E-state index is 0.419. The summed E-state index contributed by atoms with van der Waals surface area (Å²) in [6.07, 6.45) is 2.89. The Bertz CT molecular complexity index is 116. The van der Waals surface area contributed by atoms with E-state index in [-0.39, 0.29) is 0 Å². The molecule has 0 aliphatic heterocycles. The summed E-state index contributed by atoms with van der Waals surface area (Å²) in [4.78, 5) is 0. The molecule has 0 amide bonds. The van der Waals surface area contributed by atoms with Crippen molar-refractivity contribution in [3.05, 3.63) is 24.8 Å². The Kier molecular flexibility index (Phi) is 4.95. The van der Waals surface area contributed by atoms with E-state index in [0.29, 0.717) is 6.04 Å². The quantitative estimate of drug-likeness (QED) is 0.575. The molecule has 1 unspecified atom stereocenters. The highest BCUT2D eigenvalue weighted by molar-refractivity contribution is 5.03. The Morgan fingerprint density at radius 1 is 1.70 bits per heavy atom. The van der Waals surface area contributed by atoms with Crippen LogP contribution in [0.5, 0.6) is 0 Å². The molecule has 0 saturated heterocycles. The molecule has 10 heavy (non-hydrogen) atoms. The van der Waals surface area contributed by atoms with Crippen molar-refractivity contribution in [3.8, 4) is 0 Å². The van der Waals surface area contributed by atoms with E-state index in [4.69, 9.17) is 0 Å². The average molecular weight is 139 g/mol. The first-order valence-electron chi connectivity index (χ1n) is 3.72. The van der Waals surface area contributed by atoms with E-state index in [0.717, 1.165) is 13.0 Å². The van der Waals surface area contributed by atoms with Gasteiger partial charge in [-0.1, -0.05) is 25.2 Å². The fourth-order valence-electron chi connectivity index (χ4n) is 0.872. The van der Waals surface area contributed by atoms with Crippen LogP contribution in [0.4, 0.5) is 0 Å². The lowest BCUT2D eigenvalue weighted by Gasteiger charge is -2.15. The van der Waals surface area contributed by atoms with E-state index in [1.807, 2.05) is 13.0 Å². The van der Waals surface area contributed by atoms with Crippen LogP contribution in [0.15, 0.2) is 24.8 Å². The molecular formula is C9H17N. The van der Waals surface area contributed by atoms with Gasteiger partial charge in [0.2, 0.25) is 0 Å². The Hall–Kier alpha value is -0.560. The zero-order valence-corrected chi connectivity index (χ0v) is 6.98. The van der Waals surface area contributed by atoms with Crippen LogP contribution in [0.1, 0.15) is 20.3 Å². The number of likely N-dealkylation sites (N-methyl/N-ethyl adjacent to an activating group) is 1. The zero-order chi connectivity index (χ0) is 7.98. The van der Waals surface area contributed by atoms with Crippen molar-refractivity contribution in [2.24, 2.45) is 0 Å². The van der Waals surface area contributed by atoms with Gasteiger partial charge in [-0.3, -0.25) is 0 Å². The van der Waals surface area contributed by atoms with Crippen molar-refractivity contribution < 1.29 is 0 Å². The van der Waals surface area contributed by atoms with Gasteiger partial charge in [0.15, 0.2) is 0 Å². The van der Waals surface area contributed by atoms with Gasteiger partial charge in [0.1, 0.15) is 0 Å². The summed E-state index contributed by atoms with van der Waals surface area (Å²) in [5.41, 5.74) is 1.18. The zero-order valence-electron chi connectivity index (χ0n) is 6.98. The summed E-state index contributed by atoms with van der Waals surface area (Å²) in [6.45, 7) is 12.7. The molecular weight excluding hydrogens is 122 g/mol. The normalized spacial score (nSPS) is 12.6. The van der Waals surface area contributed by atoms with Crippen LogP contribution in [-0.2, 0) is 0 Å². The summed E-state index contributed by atoms with van der Waals surface area (Å²) < 4.78 is 0. The first kappa shape index (κ1) is 9.44. The second-order valence-electron chi connectivity index (χ2n) is 2.48. The Morgan fingerprint density at radius 3 is 2.60 bits per heavy atom. The molecule has 0 aliphatic carbocycles. The molecule has 0 saturated carbocycles. The van der Waals surface area contributed by atoms with Crippen LogP contribution >= 0.6 is 0 Å². The highest BCUT2D eigenvalue weighted by Crippen LogP contribution is 2.02. The van der Waals surface area contributed by atoms with Crippen LogP contribution in [-0.4, -0.2) is 12.6 Å². The third-order valence-electron chi connectivity index (χ3n) is 1.45. The van der Waals surface area contributed by atoms with Gasteiger partial charge in [-0.2, -0.15) is 0 Å². The molecule has 0 bridgehead atoms. The van der Waals surface area contributed by atoms with Crippen molar-refractivity contribution in [3.63, 3.8) is 0 Å². The van der Waals surface area contributed by atoms with E-state index < -0.39 is 0 Å². The van der Waals surface area contributed by atoms with E-state index >= 15 is 0 Å². The maximum Gasteiger partial charge on any atom is 0.0308 e. The van der Waals surface area contributed by atoms with E-state index in [1.165, 1.54) is 5.57 Å². The predicted molar refractivity (Wildman–Crippen MR) is 47.1 cm³/mol. The van der Waals surface area contributed by atoms with E-state index in [1.54, 1.807) is 0 Å². The minimum Gasteiger partial charge on any atom is -0.310 e. The molecule has 0 rings (SSSR count). The minimum atomic E-state index is 0.419. The summed E-state index contributed by atoms with van der Waals surface area (Å²) in [5.74, 6) is 0. The molecule has 1 heteroatoms. The highest BCUT2D eigenvalue weighted by Gasteiger charge is 2.03. The maximum atomic E-state index is 3.88. The van der Waals surface area contributed by atoms with Crippen molar-refractivity contribution in [2.75, 3.05) is 6.54 Å². The third kappa shape index (κ3) is 3.46. The number of hydrogen-bond donors (Lipinski definition) is 1. The van der Waals surface area contributed by atoms with Gasteiger partial charge in [0.25, 0.3) is 0 Å². The van der Waals surface area contributed by atoms with Gasteiger partial charge in [-0.05, 0) is 19.9 Å². The van der Waals surface area contributed by atoms with Crippen LogP contribution in [0, 0.1) is 0 Å². The van der Waals surface area contributed by atoms with Crippen LogP contribution < -0.4 is 5.32 Å². The molecule has 0 spiro atoms. The lowest BCUT2D eigenvalue weighted by atomic mass is 10.1. The van der Waals surface area contributed by atoms with Crippen LogP contribution in [0.25, 0.3) is 0 Å². The molecule has 0 radical (unpaired) electrons. The highest BCUT2D eigenvalue weighted by atomic mass is 14.9. The summed E-state index contributed by atoms with van der Waals surface area (Å²) in [7, 11) is 0. The summed E-state index contributed by atoms with van der Waals surface area (Å²) >= 11 is 0. The van der Waals surface area contributed by atoms with Crippen molar-refractivity contribution in [2.45, 2.75) is 26.3 Å². The molecule has 0 aromatic carbocycles. The Balaban J connectivity index is 3.71. The summed E-state index contributed by atoms with van der Waals surface area (Å²) in [5, 5.41) is 3.31. The van der Waals surface area contributed by atoms with E-state index in [9.17, 15) is 0 Å². The first-order valence-corrected chi connectivity index (χ1v) is 3.72. The smallest absolute Gasteiger partial charge is 0.0308 e. The second-order valence-corrected chi connectivity index (χ2v) is 2.48. The van der Waals surface area contributed by atoms with E-state index in [2.05, 4.69) is 25.4 Å². The van der Waals surface area contributed by atoms with Gasteiger partial charge < -0.3 is 5.32 Å². The number of nitrogens with one attached hydrogen (secondary N) is 1. The van der Waals surface area contributed by atoms with Crippen molar-refractivity contribution in [1.29, 1.82) is 0 Å². The molecule has 0 heterocycles. The Morgan fingerprint density at radius 2 is 2.30 bits per heavy atom. The molecule has 1 N–H and O–H groups in total. The topological polar surface area (TPSA) is 12.0 Å². The Labute approximate surface area is 63.8 Å². The molecule has 0 aliphatic rings. The lowest BCUT2D eigenvalue weighted by molar-refractivity contribution is 0.597. The van der Waals surface area contributed by atoms with Gasteiger partial charge in [-0.15, -0.1) is 6.58 Å². The monoisotopic (exact) mass is 139 g/mol. The summed E-state index contributed by atoms with van der Waals surface area (Å²) in [6, 6.07) is 0.419. The van der Waals surface area contributed by atoms with Crippen molar-refractivity contribution >= 4 is 0 Å². The first-order chi connectivity index (χ1) is 4.72. The van der Waals surface area contributed by atoms with Gasteiger partial charge in [0, 0.05) is 6.04 Å². The predicted octanol–water partition coefficient (Wildman–Crippen LogP) is 2.12. The molecule has 0 aromatic rings. The van der Waals surface area contributed by atoms with Gasteiger partial charge in [0.05, 0.1) is 0 Å². The molecule has 58 valence electrons. The maximum absolute atomic E-state index is 3.88. The van der Waals surface area contributed by atoms with Gasteiger partial charge in [-0.25, -0.2) is 0 Å². The third-order valence-corrected chi connectivity index (χ3v) is 1.45. The fraction of sp³-hybridized carbons (Fsp3) is 0.556. The molecule has 1 nitrogen and oxygen atoms in total. The second kappa shape index (κ2) is 5.24. The average Bonchev–Trinajstić information content (AvgIpc) is 1.87. The SMILES string of the molecule is C=CCC(NCC)C(=C)C. The largest absolute Gasteiger partial charge is 0.310 e. The van der Waals surface area contributed by atoms with Crippen molar-refractivity contribution in [1.82, 2.24) is 5.32 Å². The molecule has 1 atom stereocenters. The standard InChI is InChI=1S/C9H17N/c1-5-7-9(8(3)4)10-6-2/h5,9-10H,1,3,6-7H2,2,4H3. The molecule has 0 aromatic heterocycles. The fourth-order valence-corrected chi connectivity index (χ4v) is 0.872.